The quantitative estimate of drug-likeness (QED) is 0.227. The molecule has 4 N–H and O–H groups in total. The van der Waals surface area contributed by atoms with E-state index in [0.29, 0.717) is 50.9 Å². The predicted octanol–water partition coefficient (Wildman–Crippen LogP) is 1.07. The minimum atomic E-state index is -0.930. The molecule has 1 aromatic carbocycles. The Morgan fingerprint density at radius 2 is 1.93 bits per heavy atom. The number of nitrogens with zero attached hydrogens (tertiary/aromatic N) is 3. The average Bonchev–Trinajstić information content (AvgIpc) is 3.34. The van der Waals surface area contributed by atoms with Crippen LogP contribution in [0.1, 0.15) is 49.0 Å². The van der Waals surface area contributed by atoms with Gasteiger partial charge in [0.25, 0.3) is 17.7 Å². The van der Waals surface area contributed by atoms with Gasteiger partial charge in [0.05, 0.1) is 7.11 Å². The lowest BCUT2D eigenvalue weighted by Crippen LogP contribution is -2.55. The average molecular weight is 606 g/mol. The summed E-state index contributed by atoms with van der Waals surface area (Å²) in [4.78, 5) is 65.6. The molecule has 0 radical (unpaired) electrons. The number of likely N-dealkylation sites (N-methyl/N-ethyl adjacent to an activating group) is 1. The van der Waals surface area contributed by atoms with Crippen LogP contribution < -0.4 is 26.0 Å². The van der Waals surface area contributed by atoms with E-state index in [0.717, 1.165) is 22.7 Å². The number of hydrogen-bond donors (Lipinski definition) is 4. The fourth-order valence-corrected chi connectivity index (χ4v) is 4.91. The molecule has 0 aliphatic carbocycles. The number of hydrogen-bond acceptors (Lipinski definition) is 8. The number of carbonyl (C=O) groups excluding carboxylic acids is 5. The molecule has 0 aromatic heterocycles. The van der Waals surface area contributed by atoms with Gasteiger partial charge in [0, 0.05) is 57.5 Å². The number of ether oxygens (including phenoxy) is 1. The maximum absolute atomic E-state index is 12.0. The Morgan fingerprint density at radius 3 is 2.55 bits per heavy atom. The second-order valence-corrected chi connectivity index (χ2v) is 10.0. The number of nitrogens with one attached hydrogen (secondary N) is 4. The van der Waals surface area contributed by atoms with Gasteiger partial charge in [0.1, 0.15) is 17.1 Å². The molecule has 4 aliphatic rings. The number of allylic oxidation sites excluding steroid dienone is 2. The van der Waals surface area contributed by atoms with Crippen LogP contribution >= 0.6 is 0 Å². The number of aliphatic imine (C=N–C) groups is 1. The van der Waals surface area contributed by atoms with Crippen molar-refractivity contribution in [2.24, 2.45) is 4.99 Å². The molecule has 1 atom stereocenters. The summed E-state index contributed by atoms with van der Waals surface area (Å²) in [7, 11) is 4.87. The lowest BCUT2D eigenvalue weighted by Gasteiger charge is -2.37. The lowest BCUT2D eigenvalue weighted by molar-refractivity contribution is -0.125. The summed E-state index contributed by atoms with van der Waals surface area (Å²) in [5.74, 6) is 6.51. The zero-order valence-electron chi connectivity index (χ0n) is 25.7. The number of amides is 6. The highest BCUT2D eigenvalue weighted by Gasteiger charge is 2.48. The number of fused-ring (bicyclic) bond motifs is 1. The standard InChI is InChI=1S/C19H22N6O4.C10H11NO2.C2H6/c1-20-16(27)14(22-12-26)6-5-13-3-2-4-15(21-11-13)25-9-7-19(8-10-25)17(28)23-18(29)24-19;1-11-6-7-3-4-8(13-2)5-9(7)10(11)12;1-2/h2,4,11-12,14H,3,7-10H2,1H3,(H,20,27)(H,22,26)(H2,23,24,28,29);3-5H,6H2,1-2H3;1-2H3. The second-order valence-electron chi connectivity index (χ2n) is 10.0. The van der Waals surface area contributed by atoms with Gasteiger partial charge < -0.3 is 30.5 Å². The summed E-state index contributed by atoms with van der Waals surface area (Å²) in [6, 6.07) is 4.24. The first-order valence-corrected chi connectivity index (χ1v) is 14.4. The minimum Gasteiger partial charge on any atom is -0.497 e. The second kappa shape index (κ2) is 15.4. The van der Waals surface area contributed by atoms with Gasteiger partial charge in [0.2, 0.25) is 6.41 Å². The molecule has 2 fully saturated rings. The highest BCUT2D eigenvalue weighted by molar-refractivity contribution is 6.07. The van der Waals surface area contributed by atoms with Gasteiger partial charge >= 0.3 is 6.03 Å². The molecule has 2 saturated heterocycles. The Labute approximate surface area is 257 Å². The highest BCUT2D eigenvalue weighted by atomic mass is 16.5. The van der Waals surface area contributed by atoms with Crippen molar-refractivity contribution in [2.75, 3.05) is 34.3 Å². The third-order valence-electron chi connectivity index (χ3n) is 7.33. The van der Waals surface area contributed by atoms with Crippen molar-refractivity contribution in [1.82, 2.24) is 31.1 Å². The largest absolute Gasteiger partial charge is 0.497 e. The summed E-state index contributed by atoms with van der Waals surface area (Å²) in [6.07, 6.45) is 7.41. The van der Waals surface area contributed by atoms with Crippen LogP contribution in [0.5, 0.6) is 5.75 Å². The molecule has 1 unspecified atom stereocenters. The number of likely N-dealkylation sites (tertiary alicyclic amines) is 1. The minimum absolute atomic E-state index is 0.0777. The van der Waals surface area contributed by atoms with Gasteiger partial charge in [0.15, 0.2) is 6.04 Å². The van der Waals surface area contributed by atoms with Gasteiger partial charge in [-0.2, -0.15) is 0 Å². The van der Waals surface area contributed by atoms with E-state index >= 15 is 0 Å². The van der Waals surface area contributed by atoms with Crippen molar-refractivity contribution in [1.29, 1.82) is 0 Å². The van der Waals surface area contributed by atoms with Crippen LogP contribution in [-0.2, 0) is 20.9 Å². The fraction of sp³-hybridized carbons (Fsp3) is 0.419. The predicted molar refractivity (Wildman–Crippen MR) is 164 cm³/mol. The number of rotatable bonds is 4. The SMILES string of the molecule is CC.CNC(=O)C(C#CC1=CN=C(N2CCC3(CC2)NC(=O)NC3=O)C=CC1)NC=O.COc1ccc2c(c1)C(=O)N(C)C2. The zero-order valence-corrected chi connectivity index (χ0v) is 25.7. The van der Waals surface area contributed by atoms with E-state index in [1.165, 1.54) is 7.05 Å². The molecular formula is C31H39N7O6. The molecule has 5 rings (SSSR count). The van der Waals surface area contributed by atoms with Crippen LogP contribution in [0.4, 0.5) is 4.79 Å². The van der Waals surface area contributed by atoms with E-state index in [1.54, 1.807) is 31.3 Å². The zero-order chi connectivity index (χ0) is 32.3. The maximum Gasteiger partial charge on any atom is 0.322 e. The molecule has 4 heterocycles. The number of carbonyl (C=O) groups is 5. The molecule has 1 spiro atoms. The Balaban J connectivity index is 0.000000292. The molecule has 4 aliphatic heterocycles. The van der Waals surface area contributed by atoms with Crippen LogP contribution in [0.2, 0.25) is 0 Å². The van der Waals surface area contributed by atoms with E-state index in [-0.39, 0.29) is 11.8 Å². The van der Waals surface area contributed by atoms with Crippen molar-refractivity contribution in [3.05, 3.63) is 53.3 Å². The Hall–Kier alpha value is -5.12. The first-order valence-electron chi connectivity index (χ1n) is 14.4. The molecule has 1 aromatic rings. The highest BCUT2D eigenvalue weighted by Crippen LogP contribution is 2.27. The molecular weight excluding hydrogens is 566 g/mol. The van der Waals surface area contributed by atoms with E-state index in [1.807, 2.05) is 43.0 Å². The molecule has 0 bridgehead atoms. The lowest BCUT2D eigenvalue weighted by atomic mass is 9.87. The number of imide groups is 1. The fourth-order valence-electron chi connectivity index (χ4n) is 4.91. The third kappa shape index (κ3) is 7.83. The summed E-state index contributed by atoms with van der Waals surface area (Å²) < 4.78 is 5.05. The van der Waals surface area contributed by atoms with Crippen LogP contribution in [0, 0.1) is 11.8 Å². The summed E-state index contributed by atoms with van der Waals surface area (Å²) in [6.45, 7) is 5.86. The molecule has 0 saturated carbocycles. The van der Waals surface area contributed by atoms with Crippen molar-refractivity contribution in [3.63, 3.8) is 0 Å². The van der Waals surface area contributed by atoms with Gasteiger partial charge in [-0.1, -0.05) is 37.8 Å². The van der Waals surface area contributed by atoms with Crippen molar-refractivity contribution in [2.45, 2.75) is 51.2 Å². The number of urea groups is 1. The van der Waals surface area contributed by atoms with Gasteiger partial charge in [-0.15, -0.1) is 0 Å². The first-order chi connectivity index (χ1) is 21.2. The number of methoxy groups -OCH3 is 1. The normalized spacial score (nSPS) is 18.2. The molecule has 234 valence electrons. The van der Waals surface area contributed by atoms with Gasteiger partial charge in [-0.3, -0.25) is 24.5 Å². The Morgan fingerprint density at radius 1 is 1.20 bits per heavy atom. The first kappa shape index (κ1) is 33.4. The van der Waals surface area contributed by atoms with Crippen molar-refractivity contribution < 1.29 is 28.7 Å². The van der Waals surface area contributed by atoms with E-state index in [9.17, 15) is 24.0 Å². The Bertz CT molecular complexity index is 1430. The van der Waals surface area contributed by atoms with Gasteiger partial charge in [-0.05, 0) is 36.6 Å². The number of benzene rings is 1. The molecule has 6 amide bonds. The summed E-state index contributed by atoms with van der Waals surface area (Å²) >= 11 is 0. The molecule has 44 heavy (non-hydrogen) atoms. The monoisotopic (exact) mass is 605 g/mol. The van der Waals surface area contributed by atoms with Crippen LogP contribution in [-0.4, -0.2) is 91.7 Å². The van der Waals surface area contributed by atoms with Crippen LogP contribution in [0.3, 0.4) is 0 Å². The van der Waals surface area contributed by atoms with Gasteiger partial charge in [-0.25, -0.2) is 9.79 Å². The smallest absolute Gasteiger partial charge is 0.322 e. The van der Waals surface area contributed by atoms with E-state index in [2.05, 4.69) is 38.1 Å². The van der Waals surface area contributed by atoms with E-state index in [4.69, 9.17) is 4.74 Å². The topological polar surface area (TPSA) is 162 Å². The Kier molecular flexibility index (Phi) is 11.7. The van der Waals surface area contributed by atoms with Crippen molar-refractivity contribution in [3.8, 4) is 17.6 Å². The maximum atomic E-state index is 12.0. The third-order valence-corrected chi connectivity index (χ3v) is 7.33. The molecule has 13 heteroatoms. The van der Waals surface area contributed by atoms with Crippen LogP contribution in [0.15, 0.2) is 47.1 Å². The number of piperidine rings is 1. The van der Waals surface area contributed by atoms with E-state index < -0.39 is 23.5 Å². The summed E-state index contributed by atoms with van der Waals surface area (Å²) in [5, 5.41) is 9.84. The molecule has 13 nitrogen and oxygen atoms in total. The van der Waals surface area contributed by atoms with Crippen molar-refractivity contribution >= 4 is 36.0 Å². The summed E-state index contributed by atoms with van der Waals surface area (Å²) in [5.41, 5.74) is 1.72. The number of amidine groups is 1. The van der Waals surface area contributed by atoms with Crippen LogP contribution in [0.25, 0.3) is 0 Å².